The molecule has 4 aromatic rings. The van der Waals surface area contributed by atoms with Crippen LogP contribution in [0.2, 0.25) is 0 Å². The summed E-state index contributed by atoms with van der Waals surface area (Å²) in [7, 11) is 1.11. The number of aliphatic hydroxyl groups excluding tert-OH is 2. The molecule has 3 aliphatic heterocycles. The number of rotatable bonds is 7. The molecule has 3 saturated heterocycles. The smallest absolute Gasteiger partial charge is 0.494 e. The number of likely N-dealkylation sites (N-methyl/N-ethyl adjacent to an activating group) is 1. The van der Waals surface area contributed by atoms with Crippen LogP contribution in [0.4, 0.5) is 11.4 Å². The van der Waals surface area contributed by atoms with Crippen LogP contribution in [0.1, 0.15) is 11.1 Å². The number of nitrogens with zero attached hydrogens (tertiary/aromatic N) is 3. The summed E-state index contributed by atoms with van der Waals surface area (Å²) in [6.45, 7) is 3.44. The summed E-state index contributed by atoms with van der Waals surface area (Å²) < 4.78 is 17.0. The lowest BCUT2D eigenvalue weighted by molar-refractivity contribution is -0.338. The SMILES string of the molecule is CN1CCN(CC(=O)Nc2ccc(N=C(c3ccccc3)c3c(O)[nH]c4cc(B5OC[C@@]6(O)OC[C@@H](O)[C@@H](O)[C@@H]6O5)ccc34)cc2)CC1. The Hall–Kier alpha value is -4.12. The van der Waals surface area contributed by atoms with E-state index in [1.54, 1.807) is 12.1 Å². The Morgan fingerprint density at radius 1 is 1.06 bits per heavy atom. The minimum absolute atomic E-state index is 0.0654. The van der Waals surface area contributed by atoms with Crippen LogP contribution in [0.15, 0.2) is 77.8 Å². The van der Waals surface area contributed by atoms with E-state index in [1.807, 2.05) is 60.7 Å². The van der Waals surface area contributed by atoms with Gasteiger partial charge in [0, 0.05) is 48.3 Å². The van der Waals surface area contributed by atoms with Gasteiger partial charge in [-0.1, -0.05) is 42.5 Å². The first-order chi connectivity index (χ1) is 23.2. The number of aromatic nitrogens is 1. The van der Waals surface area contributed by atoms with Gasteiger partial charge in [0.05, 0.1) is 36.7 Å². The Morgan fingerprint density at radius 2 is 1.81 bits per heavy atom. The number of benzene rings is 3. The molecule has 1 aromatic heterocycles. The van der Waals surface area contributed by atoms with Crippen LogP contribution in [0.5, 0.6) is 5.88 Å². The maximum absolute atomic E-state index is 12.7. The van der Waals surface area contributed by atoms with Crippen LogP contribution >= 0.6 is 0 Å². The first kappa shape index (κ1) is 32.4. The third-order valence-corrected chi connectivity index (χ3v) is 9.08. The molecule has 4 heterocycles. The highest BCUT2D eigenvalue weighted by Crippen LogP contribution is 2.34. The maximum Gasteiger partial charge on any atom is 0.494 e. The van der Waals surface area contributed by atoms with Crippen molar-refractivity contribution >= 4 is 46.5 Å². The lowest BCUT2D eigenvalue weighted by Crippen LogP contribution is -2.69. The first-order valence-corrected chi connectivity index (χ1v) is 16.0. The molecule has 6 N–H and O–H groups in total. The lowest BCUT2D eigenvalue weighted by Gasteiger charge is -2.47. The van der Waals surface area contributed by atoms with E-state index in [9.17, 15) is 25.2 Å². The van der Waals surface area contributed by atoms with Gasteiger partial charge in [0.1, 0.15) is 18.3 Å². The predicted molar refractivity (Wildman–Crippen MR) is 180 cm³/mol. The van der Waals surface area contributed by atoms with Gasteiger partial charge >= 0.3 is 7.12 Å². The van der Waals surface area contributed by atoms with E-state index in [2.05, 4.69) is 27.1 Å². The van der Waals surface area contributed by atoms with E-state index in [1.165, 1.54) is 0 Å². The van der Waals surface area contributed by atoms with Crippen molar-refractivity contribution in [1.82, 2.24) is 14.8 Å². The van der Waals surface area contributed by atoms with Crippen molar-refractivity contribution < 1.29 is 39.3 Å². The van der Waals surface area contributed by atoms with Crippen LogP contribution in [0.3, 0.4) is 0 Å². The number of amides is 1. The summed E-state index contributed by atoms with van der Waals surface area (Å²) in [6, 6.07) is 22.1. The number of aliphatic hydroxyl groups is 3. The summed E-state index contributed by atoms with van der Waals surface area (Å²) >= 11 is 0. The molecule has 3 aliphatic rings. The van der Waals surface area contributed by atoms with E-state index >= 15 is 0 Å². The number of H-pyrrole nitrogens is 1. The van der Waals surface area contributed by atoms with Gasteiger partial charge in [0.25, 0.3) is 0 Å². The van der Waals surface area contributed by atoms with E-state index in [-0.39, 0.29) is 25.0 Å². The highest BCUT2D eigenvalue weighted by Gasteiger charge is 2.55. The zero-order valence-corrected chi connectivity index (χ0v) is 26.5. The van der Waals surface area contributed by atoms with E-state index in [0.717, 1.165) is 31.7 Å². The second-order valence-corrected chi connectivity index (χ2v) is 12.6. The molecule has 3 aromatic carbocycles. The molecule has 3 fully saturated rings. The number of nitrogens with one attached hydrogen (secondary N) is 2. The minimum Gasteiger partial charge on any atom is -0.494 e. The van der Waals surface area contributed by atoms with Crippen LogP contribution in [0.25, 0.3) is 10.9 Å². The third kappa shape index (κ3) is 6.61. The van der Waals surface area contributed by atoms with Gasteiger partial charge in [0.2, 0.25) is 11.7 Å². The molecule has 0 bridgehead atoms. The number of aromatic hydroxyl groups is 1. The fourth-order valence-electron chi connectivity index (χ4n) is 6.34. The molecule has 1 amide bonds. The number of aliphatic imine (C=N–C) groups is 1. The van der Waals surface area contributed by atoms with Crippen molar-refractivity contribution in [2.45, 2.75) is 24.1 Å². The number of aromatic amines is 1. The number of fused-ring (bicyclic) bond motifs is 2. The van der Waals surface area contributed by atoms with Gasteiger partial charge in [-0.05, 0) is 42.8 Å². The highest BCUT2D eigenvalue weighted by atomic mass is 16.7. The van der Waals surface area contributed by atoms with Gasteiger partial charge in [-0.15, -0.1) is 0 Å². The Kier molecular flexibility index (Phi) is 9.07. The van der Waals surface area contributed by atoms with E-state index < -0.39 is 31.2 Å². The number of piperazine rings is 1. The van der Waals surface area contributed by atoms with Crippen LogP contribution < -0.4 is 10.8 Å². The van der Waals surface area contributed by atoms with Crippen molar-refractivity contribution in [3.63, 3.8) is 0 Å². The van der Waals surface area contributed by atoms with Crippen molar-refractivity contribution in [2.24, 2.45) is 4.99 Å². The molecular formula is C34H38BN5O8. The third-order valence-electron chi connectivity index (χ3n) is 9.08. The first-order valence-electron chi connectivity index (χ1n) is 16.0. The van der Waals surface area contributed by atoms with Gasteiger partial charge in [-0.3, -0.25) is 9.69 Å². The standard InChI is InChI=1S/C34H38BN5O8/c1-39-13-15-40(16-14-39)18-28(42)36-23-8-10-24(11-9-23)37-30(21-5-3-2-4-6-21)29-25-12-7-22(17-26(25)38-33(29)44)35-47-20-34(45)32(48-35)31(43)27(41)19-46-34/h2-12,17,27,31-32,38,41,43-45H,13-16,18-20H2,1H3,(H,36,42)/t27-,31-,32+,34-/m1/s1. The topological polar surface area (TPSA) is 172 Å². The number of anilines is 1. The fourth-order valence-corrected chi connectivity index (χ4v) is 6.34. The number of hydrogen-bond donors (Lipinski definition) is 6. The molecule has 0 saturated carbocycles. The van der Waals surface area contributed by atoms with Gasteiger partial charge in [0.15, 0.2) is 5.88 Å². The molecule has 7 rings (SSSR count). The summed E-state index contributed by atoms with van der Waals surface area (Å²) in [5, 5.41) is 46.2. The Bertz CT molecular complexity index is 1800. The molecule has 13 nitrogen and oxygen atoms in total. The second kappa shape index (κ2) is 13.4. The van der Waals surface area contributed by atoms with Crippen LogP contribution in [-0.2, 0) is 18.8 Å². The van der Waals surface area contributed by atoms with Gasteiger partial charge < -0.3 is 49.7 Å². The summed E-state index contributed by atoms with van der Waals surface area (Å²) in [5.41, 5.74) is 4.25. The number of carbonyl (C=O) groups excluding carboxylic acids is 1. The van der Waals surface area contributed by atoms with Gasteiger partial charge in [-0.2, -0.15) is 0 Å². The molecule has 48 heavy (non-hydrogen) atoms. The zero-order chi connectivity index (χ0) is 33.4. The second-order valence-electron chi connectivity index (χ2n) is 12.6. The predicted octanol–water partition coefficient (Wildman–Crippen LogP) is 0.780. The monoisotopic (exact) mass is 655 g/mol. The van der Waals surface area contributed by atoms with E-state index in [0.29, 0.717) is 45.6 Å². The summed E-state index contributed by atoms with van der Waals surface area (Å²) in [5.74, 6) is -2.03. The number of hydrogen-bond acceptors (Lipinski definition) is 11. The van der Waals surface area contributed by atoms with Crippen molar-refractivity contribution in [3.05, 3.63) is 83.9 Å². The van der Waals surface area contributed by atoms with Crippen molar-refractivity contribution in [1.29, 1.82) is 0 Å². The number of carbonyl (C=O) groups is 1. The van der Waals surface area contributed by atoms with Crippen LogP contribution in [-0.4, -0.2) is 131 Å². The maximum atomic E-state index is 12.7. The Morgan fingerprint density at radius 3 is 2.56 bits per heavy atom. The average molecular weight is 656 g/mol. The fraction of sp³-hybridized carbons (Fsp3) is 0.353. The van der Waals surface area contributed by atoms with Gasteiger partial charge in [-0.25, -0.2) is 4.99 Å². The lowest BCUT2D eigenvalue weighted by atomic mass is 9.75. The van der Waals surface area contributed by atoms with Crippen molar-refractivity contribution in [3.8, 4) is 5.88 Å². The van der Waals surface area contributed by atoms with Crippen molar-refractivity contribution in [2.75, 3.05) is 58.3 Å². The summed E-state index contributed by atoms with van der Waals surface area (Å²) in [6.07, 6.45) is -3.80. The highest BCUT2D eigenvalue weighted by molar-refractivity contribution is 6.61. The normalized spacial score (nSPS) is 25.6. The summed E-state index contributed by atoms with van der Waals surface area (Å²) in [4.78, 5) is 25.1. The quantitative estimate of drug-likeness (QED) is 0.124. The molecule has 14 heteroatoms. The Labute approximate surface area is 277 Å². The average Bonchev–Trinajstić information content (AvgIpc) is 3.42. The minimum atomic E-state index is -1.88. The van der Waals surface area contributed by atoms with E-state index in [4.69, 9.17) is 19.0 Å². The largest absolute Gasteiger partial charge is 0.494 e. The molecule has 0 radical (unpaired) electrons. The molecule has 4 atom stereocenters. The number of ether oxygens (including phenoxy) is 1. The van der Waals surface area contributed by atoms with Crippen LogP contribution in [0, 0.1) is 0 Å². The molecule has 0 aliphatic carbocycles. The molecular weight excluding hydrogens is 617 g/mol. The molecule has 250 valence electrons. The zero-order valence-electron chi connectivity index (χ0n) is 26.5. The Balaban J connectivity index is 1.14. The molecule has 0 spiro atoms. The molecule has 0 unspecified atom stereocenters.